The van der Waals surface area contributed by atoms with Crippen LogP contribution in [0.25, 0.3) is 56.1 Å². The van der Waals surface area contributed by atoms with Gasteiger partial charge in [0.05, 0.1) is 28.7 Å². The van der Waals surface area contributed by atoms with Gasteiger partial charge in [-0.1, -0.05) is 24.1 Å². The van der Waals surface area contributed by atoms with Gasteiger partial charge in [-0.05, 0) is 48.5 Å². The second kappa shape index (κ2) is 9.88. The summed E-state index contributed by atoms with van der Waals surface area (Å²) in [5.41, 5.74) is 5.65. The molecule has 0 fully saturated rings. The minimum absolute atomic E-state index is 0.323. The molecule has 0 bridgehead atoms. The molecule has 0 aliphatic rings. The number of furan rings is 1. The van der Waals surface area contributed by atoms with Gasteiger partial charge in [0.2, 0.25) is 5.89 Å². The van der Waals surface area contributed by atoms with Crippen molar-refractivity contribution in [3.8, 4) is 34.0 Å². The standard InChI is InChI=1S/C29H22FN5O3S/c1-31-28(36)26-20-13-19(22-12-17(15-32-34-22)29-33-21-6-4-5-7-24(21)38-29)23(35(2)39-3)14-25(20)37-27(26)16-8-10-18(30)11-9-16/h4-15H,1-3H3,(H,31,36). The van der Waals surface area contributed by atoms with E-state index >= 15 is 0 Å². The van der Waals surface area contributed by atoms with Gasteiger partial charge in [0.25, 0.3) is 5.91 Å². The van der Waals surface area contributed by atoms with Gasteiger partial charge in [0.1, 0.15) is 22.7 Å². The largest absolute Gasteiger partial charge is 0.455 e. The fourth-order valence-electron chi connectivity index (χ4n) is 4.46. The number of hydrogen-bond acceptors (Lipinski definition) is 8. The van der Waals surface area contributed by atoms with Gasteiger partial charge in [0, 0.05) is 42.9 Å². The minimum Gasteiger partial charge on any atom is -0.455 e. The first-order chi connectivity index (χ1) is 19.0. The van der Waals surface area contributed by atoms with Crippen LogP contribution >= 0.6 is 11.9 Å². The van der Waals surface area contributed by atoms with Gasteiger partial charge in [-0.3, -0.25) is 4.79 Å². The van der Waals surface area contributed by atoms with Gasteiger partial charge >= 0.3 is 0 Å². The normalized spacial score (nSPS) is 11.3. The highest BCUT2D eigenvalue weighted by Crippen LogP contribution is 2.41. The molecule has 0 saturated heterocycles. The molecule has 0 aliphatic heterocycles. The number of amides is 1. The highest BCUT2D eigenvalue weighted by atomic mass is 32.2. The van der Waals surface area contributed by atoms with Gasteiger partial charge in [-0.25, -0.2) is 9.37 Å². The predicted molar refractivity (Wildman–Crippen MR) is 151 cm³/mol. The second-order valence-electron chi connectivity index (χ2n) is 8.75. The summed E-state index contributed by atoms with van der Waals surface area (Å²) >= 11 is 1.51. The zero-order valence-corrected chi connectivity index (χ0v) is 22.0. The Morgan fingerprint density at radius 3 is 2.54 bits per heavy atom. The number of carbonyl (C=O) groups excluding carboxylic acids is 1. The average Bonchev–Trinajstić information content (AvgIpc) is 3.58. The van der Waals surface area contributed by atoms with Crippen molar-refractivity contribution in [2.45, 2.75) is 0 Å². The third kappa shape index (κ3) is 4.38. The Kier molecular flexibility index (Phi) is 6.24. The number of nitrogens with zero attached hydrogens (tertiary/aromatic N) is 4. The number of hydrogen-bond donors (Lipinski definition) is 1. The Hall–Kier alpha value is -4.70. The quantitative estimate of drug-likeness (QED) is 0.237. The molecule has 0 unspecified atom stereocenters. The molecule has 3 aromatic carbocycles. The van der Waals surface area contributed by atoms with Crippen LogP contribution in [0.5, 0.6) is 0 Å². The van der Waals surface area contributed by atoms with E-state index in [0.29, 0.717) is 50.6 Å². The molecular weight excluding hydrogens is 517 g/mol. The van der Waals surface area contributed by atoms with Gasteiger partial charge in [0.15, 0.2) is 5.58 Å². The number of benzene rings is 3. The number of halogens is 1. The van der Waals surface area contributed by atoms with Crippen LogP contribution in [0.4, 0.5) is 10.1 Å². The summed E-state index contributed by atoms with van der Waals surface area (Å²) in [6.07, 6.45) is 3.56. The molecule has 39 heavy (non-hydrogen) atoms. The Morgan fingerprint density at radius 2 is 1.79 bits per heavy atom. The first-order valence-electron chi connectivity index (χ1n) is 12.0. The summed E-state index contributed by atoms with van der Waals surface area (Å²) in [5, 5.41) is 11.9. The number of carbonyl (C=O) groups is 1. The van der Waals surface area contributed by atoms with Crippen molar-refractivity contribution in [3.63, 3.8) is 0 Å². The van der Waals surface area contributed by atoms with Crippen molar-refractivity contribution in [2.75, 3.05) is 24.7 Å². The number of para-hydroxylation sites is 2. The molecule has 3 aromatic heterocycles. The molecule has 1 N–H and O–H groups in total. The monoisotopic (exact) mass is 539 g/mol. The van der Waals surface area contributed by atoms with E-state index in [1.165, 1.54) is 24.1 Å². The maximum atomic E-state index is 13.6. The summed E-state index contributed by atoms with van der Waals surface area (Å²) < 4.78 is 27.8. The highest BCUT2D eigenvalue weighted by molar-refractivity contribution is 7.99. The van der Waals surface area contributed by atoms with Gasteiger partial charge in [-0.15, -0.1) is 0 Å². The Morgan fingerprint density at radius 1 is 1.00 bits per heavy atom. The van der Waals surface area contributed by atoms with Crippen LogP contribution in [0.3, 0.4) is 0 Å². The molecule has 10 heteroatoms. The fraction of sp³-hybridized carbons (Fsp3) is 0.103. The van der Waals surface area contributed by atoms with E-state index in [9.17, 15) is 9.18 Å². The lowest BCUT2D eigenvalue weighted by Gasteiger charge is -2.19. The third-order valence-electron chi connectivity index (χ3n) is 6.45. The van der Waals surface area contributed by atoms with E-state index in [-0.39, 0.29) is 11.7 Å². The summed E-state index contributed by atoms with van der Waals surface area (Å²) in [6, 6.07) is 19.0. The van der Waals surface area contributed by atoms with E-state index in [4.69, 9.17) is 8.83 Å². The van der Waals surface area contributed by atoms with Crippen molar-refractivity contribution in [1.82, 2.24) is 20.5 Å². The average molecular weight is 540 g/mol. The van der Waals surface area contributed by atoms with E-state index in [1.807, 2.05) is 60.1 Å². The van der Waals surface area contributed by atoms with Crippen LogP contribution in [-0.2, 0) is 0 Å². The lowest BCUT2D eigenvalue weighted by atomic mass is 10.0. The smallest absolute Gasteiger partial charge is 0.255 e. The molecular formula is C29H22FN5O3S. The second-order valence-corrected chi connectivity index (χ2v) is 9.67. The van der Waals surface area contributed by atoms with Gasteiger partial charge < -0.3 is 18.5 Å². The summed E-state index contributed by atoms with van der Waals surface area (Å²) in [6.45, 7) is 0. The summed E-state index contributed by atoms with van der Waals surface area (Å²) in [5.74, 6) is 0.0861. The lowest BCUT2D eigenvalue weighted by molar-refractivity contribution is 0.0964. The van der Waals surface area contributed by atoms with E-state index in [0.717, 1.165) is 16.8 Å². The zero-order valence-electron chi connectivity index (χ0n) is 21.2. The Balaban J connectivity index is 1.57. The molecule has 0 atom stereocenters. The summed E-state index contributed by atoms with van der Waals surface area (Å²) in [7, 11) is 3.48. The Bertz CT molecular complexity index is 1820. The maximum Gasteiger partial charge on any atom is 0.255 e. The highest BCUT2D eigenvalue weighted by Gasteiger charge is 2.25. The van der Waals surface area contributed by atoms with Crippen LogP contribution in [-0.4, -0.2) is 41.4 Å². The van der Waals surface area contributed by atoms with Crippen LogP contribution in [0.2, 0.25) is 0 Å². The fourth-order valence-corrected chi connectivity index (χ4v) is 4.81. The molecule has 0 saturated carbocycles. The predicted octanol–water partition coefficient (Wildman–Crippen LogP) is 6.58. The van der Waals surface area contributed by atoms with Crippen molar-refractivity contribution >= 4 is 45.6 Å². The van der Waals surface area contributed by atoms with Crippen LogP contribution in [0, 0.1) is 5.82 Å². The molecule has 8 nitrogen and oxygen atoms in total. The number of oxazole rings is 1. The van der Waals surface area contributed by atoms with E-state index in [1.54, 1.807) is 25.4 Å². The maximum absolute atomic E-state index is 13.6. The number of aromatic nitrogens is 3. The van der Waals surface area contributed by atoms with Crippen LogP contribution < -0.4 is 9.62 Å². The van der Waals surface area contributed by atoms with Crippen molar-refractivity contribution in [2.24, 2.45) is 0 Å². The number of fused-ring (bicyclic) bond motifs is 2. The van der Waals surface area contributed by atoms with Gasteiger partial charge in [-0.2, -0.15) is 10.2 Å². The molecule has 1 amide bonds. The molecule has 0 spiro atoms. The third-order valence-corrected chi connectivity index (χ3v) is 7.20. The number of anilines is 1. The van der Waals surface area contributed by atoms with Crippen molar-refractivity contribution < 1.29 is 18.0 Å². The minimum atomic E-state index is -0.375. The van der Waals surface area contributed by atoms with E-state index in [2.05, 4.69) is 20.5 Å². The Labute approximate surface area is 227 Å². The van der Waals surface area contributed by atoms with Crippen molar-refractivity contribution in [3.05, 3.63) is 84.3 Å². The van der Waals surface area contributed by atoms with E-state index < -0.39 is 0 Å². The first kappa shape index (κ1) is 24.6. The lowest BCUT2D eigenvalue weighted by Crippen LogP contribution is -2.18. The number of rotatable bonds is 6. The molecule has 0 radical (unpaired) electrons. The molecule has 6 rings (SSSR count). The molecule has 0 aliphatic carbocycles. The molecule has 6 aromatic rings. The SMILES string of the molecule is CNC(=O)c1c(-c2ccc(F)cc2)oc2cc(N(C)SC)c(-c3cc(-c4nc5ccccc5o4)cnn3)cc12. The first-order valence-corrected chi connectivity index (χ1v) is 13.2. The number of nitrogens with one attached hydrogen (secondary N) is 1. The molecule has 3 heterocycles. The molecule has 194 valence electrons. The van der Waals surface area contributed by atoms with Crippen LogP contribution in [0.15, 0.2) is 81.8 Å². The topological polar surface area (TPSA) is 97.3 Å². The van der Waals surface area contributed by atoms with Crippen molar-refractivity contribution in [1.29, 1.82) is 0 Å². The zero-order chi connectivity index (χ0) is 27.1. The summed E-state index contributed by atoms with van der Waals surface area (Å²) in [4.78, 5) is 17.7. The van der Waals surface area contributed by atoms with Crippen LogP contribution in [0.1, 0.15) is 10.4 Å².